The first-order valence-electron chi connectivity index (χ1n) is 7.59. The molecule has 1 aliphatic heterocycles. The van der Waals surface area contributed by atoms with Gasteiger partial charge in [0.2, 0.25) is 0 Å². The van der Waals surface area contributed by atoms with Crippen LogP contribution in [0, 0.1) is 29.6 Å². The van der Waals surface area contributed by atoms with Crippen LogP contribution in [0.1, 0.15) is 29.2 Å². The number of imidazole rings is 1. The van der Waals surface area contributed by atoms with Crippen molar-refractivity contribution in [1.82, 2.24) is 9.55 Å². The molecule has 6 nitrogen and oxygen atoms in total. The maximum absolute atomic E-state index is 9.25. The number of rotatable bonds is 3. The third kappa shape index (κ3) is 3.02. The maximum atomic E-state index is 9.25. The van der Waals surface area contributed by atoms with Gasteiger partial charge < -0.3 is 14.0 Å². The molecule has 0 atom stereocenters. The molecule has 7 heteroatoms. The van der Waals surface area contributed by atoms with Crippen LogP contribution in [0.2, 0.25) is 5.02 Å². The van der Waals surface area contributed by atoms with Gasteiger partial charge in [-0.1, -0.05) is 11.6 Å². The molecule has 1 aliphatic rings. The second kappa shape index (κ2) is 6.82. The standard InChI is InChI=1S/C17H15ClN4O2/c1-11-21-14(9-19)15(10-20)22(11)4-3-12-7-13(18)17-16(8-12)23-5-2-6-24-17/h7-8H,2-6H2,1H3. The Kier molecular flexibility index (Phi) is 4.59. The first kappa shape index (κ1) is 16.2. The summed E-state index contributed by atoms with van der Waals surface area (Å²) in [5.74, 6) is 1.88. The van der Waals surface area contributed by atoms with Crippen LogP contribution in [0.4, 0.5) is 0 Å². The topological polar surface area (TPSA) is 83.9 Å². The molecule has 0 radical (unpaired) electrons. The van der Waals surface area contributed by atoms with Crippen molar-refractivity contribution in [2.45, 2.75) is 26.3 Å². The predicted octanol–water partition coefficient (Wildman–Crippen LogP) is 2.99. The molecule has 1 aromatic heterocycles. The summed E-state index contributed by atoms with van der Waals surface area (Å²) >= 11 is 6.30. The average molecular weight is 343 g/mol. The highest BCUT2D eigenvalue weighted by molar-refractivity contribution is 6.32. The van der Waals surface area contributed by atoms with Crippen molar-refractivity contribution in [2.24, 2.45) is 0 Å². The number of nitriles is 2. The minimum atomic E-state index is 0.159. The van der Waals surface area contributed by atoms with Gasteiger partial charge in [-0.25, -0.2) is 4.98 Å². The van der Waals surface area contributed by atoms with Crippen molar-refractivity contribution in [3.8, 4) is 23.6 Å². The van der Waals surface area contributed by atoms with Crippen molar-refractivity contribution < 1.29 is 9.47 Å². The number of aryl methyl sites for hydroxylation is 2. The van der Waals surface area contributed by atoms with Crippen molar-refractivity contribution in [3.63, 3.8) is 0 Å². The molecule has 0 amide bonds. The fraction of sp³-hybridized carbons (Fsp3) is 0.353. The number of fused-ring (bicyclic) bond motifs is 1. The van der Waals surface area contributed by atoms with Crippen LogP contribution >= 0.6 is 11.6 Å². The van der Waals surface area contributed by atoms with Crippen LogP contribution in [-0.2, 0) is 13.0 Å². The molecule has 0 bridgehead atoms. The van der Waals surface area contributed by atoms with Crippen LogP contribution in [0.25, 0.3) is 0 Å². The Hall–Kier alpha value is -2.70. The van der Waals surface area contributed by atoms with Gasteiger partial charge in [0.05, 0.1) is 18.2 Å². The first-order chi connectivity index (χ1) is 11.6. The Labute approximate surface area is 144 Å². The molecule has 0 saturated carbocycles. The van der Waals surface area contributed by atoms with E-state index in [4.69, 9.17) is 26.3 Å². The minimum absolute atomic E-state index is 0.159. The van der Waals surface area contributed by atoms with E-state index in [1.54, 1.807) is 11.5 Å². The number of ether oxygens (including phenoxy) is 2. The summed E-state index contributed by atoms with van der Waals surface area (Å²) in [7, 11) is 0. The lowest BCUT2D eigenvalue weighted by Crippen LogP contribution is -2.06. The number of hydrogen-bond donors (Lipinski definition) is 0. The molecule has 0 fully saturated rings. The summed E-state index contributed by atoms with van der Waals surface area (Å²) in [6, 6.07) is 7.76. The third-order valence-corrected chi connectivity index (χ3v) is 4.14. The van der Waals surface area contributed by atoms with Crippen LogP contribution in [-0.4, -0.2) is 22.8 Å². The van der Waals surface area contributed by atoms with Gasteiger partial charge in [-0.15, -0.1) is 0 Å². The SMILES string of the molecule is Cc1nc(C#N)c(C#N)n1CCc1cc(Cl)c2c(c1)OCCCO2. The van der Waals surface area contributed by atoms with E-state index in [-0.39, 0.29) is 11.4 Å². The lowest BCUT2D eigenvalue weighted by Gasteiger charge is -2.12. The first-order valence-corrected chi connectivity index (χ1v) is 7.97. The number of hydrogen-bond acceptors (Lipinski definition) is 5. The molecular weight excluding hydrogens is 328 g/mol. The lowest BCUT2D eigenvalue weighted by molar-refractivity contribution is 0.297. The minimum Gasteiger partial charge on any atom is -0.489 e. The van der Waals surface area contributed by atoms with E-state index >= 15 is 0 Å². The maximum Gasteiger partial charge on any atom is 0.179 e. The summed E-state index contributed by atoms with van der Waals surface area (Å²) in [5.41, 5.74) is 1.42. The van der Waals surface area contributed by atoms with Crippen LogP contribution in [0.15, 0.2) is 12.1 Å². The average Bonchev–Trinajstić information content (AvgIpc) is 2.73. The Balaban J connectivity index is 1.85. The van der Waals surface area contributed by atoms with Crippen LogP contribution in [0.3, 0.4) is 0 Å². The van der Waals surface area contributed by atoms with Gasteiger partial charge in [0.15, 0.2) is 22.9 Å². The largest absolute Gasteiger partial charge is 0.489 e. The van der Waals surface area contributed by atoms with E-state index in [0.29, 0.717) is 48.5 Å². The van der Waals surface area contributed by atoms with Gasteiger partial charge in [-0.3, -0.25) is 0 Å². The summed E-state index contributed by atoms with van der Waals surface area (Å²) in [6.45, 7) is 3.49. The summed E-state index contributed by atoms with van der Waals surface area (Å²) in [6.07, 6.45) is 1.45. The fourth-order valence-corrected chi connectivity index (χ4v) is 2.99. The van der Waals surface area contributed by atoms with E-state index < -0.39 is 0 Å². The molecule has 24 heavy (non-hydrogen) atoms. The lowest BCUT2D eigenvalue weighted by atomic mass is 10.1. The molecular formula is C17H15ClN4O2. The predicted molar refractivity (Wildman–Crippen MR) is 87.2 cm³/mol. The van der Waals surface area contributed by atoms with Crippen molar-refractivity contribution in [1.29, 1.82) is 10.5 Å². The van der Waals surface area contributed by atoms with Crippen molar-refractivity contribution >= 4 is 11.6 Å². The molecule has 0 aliphatic carbocycles. The summed E-state index contributed by atoms with van der Waals surface area (Å²) in [5, 5.41) is 18.8. The normalized spacial score (nSPS) is 13.0. The molecule has 3 rings (SSSR count). The van der Waals surface area contributed by atoms with Gasteiger partial charge >= 0.3 is 0 Å². The molecule has 0 spiro atoms. The fourth-order valence-electron chi connectivity index (χ4n) is 2.70. The van der Waals surface area contributed by atoms with E-state index in [1.165, 1.54) is 0 Å². The highest BCUT2D eigenvalue weighted by Gasteiger charge is 2.17. The molecule has 0 N–H and O–H groups in total. The zero-order valence-corrected chi connectivity index (χ0v) is 13.9. The van der Waals surface area contributed by atoms with Gasteiger partial charge in [0.25, 0.3) is 0 Å². The summed E-state index contributed by atoms with van der Waals surface area (Å²) in [4.78, 5) is 4.12. The van der Waals surface area contributed by atoms with Crippen molar-refractivity contribution in [2.75, 3.05) is 13.2 Å². The Morgan fingerprint density at radius 3 is 2.79 bits per heavy atom. The van der Waals surface area contributed by atoms with Gasteiger partial charge in [-0.05, 0) is 31.0 Å². The second-order valence-corrected chi connectivity index (χ2v) is 5.84. The Bertz CT molecular complexity index is 861. The van der Waals surface area contributed by atoms with E-state index in [2.05, 4.69) is 4.98 Å². The zero-order chi connectivity index (χ0) is 17.1. The van der Waals surface area contributed by atoms with Gasteiger partial charge in [-0.2, -0.15) is 10.5 Å². The number of aromatic nitrogens is 2. The quantitative estimate of drug-likeness (QED) is 0.856. The summed E-state index contributed by atoms with van der Waals surface area (Å²) < 4.78 is 13.1. The molecule has 0 saturated heterocycles. The van der Waals surface area contributed by atoms with E-state index in [1.807, 2.05) is 24.3 Å². The molecule has 122 valence electrons. The monoisotopic (exact) mass is 342 g/mol. The van der Waals surface area contributed by atoms with Crippen LogP contribution in [0.5, 0.6) is 11.5 Å². The Morgan fingerprint density at radius 1 is 1.25 bits per heavy atom. The molecule has 0 unspecified atom stereocenters. The Morgan fingerprint density at radius 2 is 2.04 bits per heavy atom. The van der Waals surface area contributed by atoms with Crippen molar-refractivity contribution in [3.05, 3.63) is 39.9 Å². The molecule has 2 heterocycles. The highest BCUT2D eigenvalue weighted by atomic mass is 35.5. The molecule has 1 aromatic carbocycles. The highest BCUT2D eigenvalue weighted by Crippen LogP contribution is 2.38. The second-order valence-electron chi connectivity index (χ2n) is 5.44. The number of halogens is 1. The van der Waals surface area contributed by atoms with E-state index in [0.717, 1.165) is 12.0 Å². The molecule has 2 aromatic rings. The number of benzene rings is 1. The van der Waals surface area contributed by atoms with Gasteiger partial charge in [0.1, 0.15) is 18.0 Å². The number of nitrogens with zero attached hydrogens (tertiary/aromatic N) is 4. The third-order valence-electron chi connectivity index (χ3n) is 3.86. The zero-order valence-electron chi connectivity index (χ0n) is 13.2. The van der Waals surface area contributed by atoms with E-state index in [9.17, 15) is 5.26 Å². The smallest absolute Gasteiger partial charge is 0.179 e. The van der Waals surface area contributed by atoms with Gasteiger partial charge in [0, 0.05) is 13.0 Å². The van der Waals surface area contributed by atoms with Crippen LogP contribution < -0.4 is 9.47 Å².